The van der Waals surface area contributed by atoms with E-state index in [2.05, 4.69) is 41.0 Å². The van der Waals surface area contributed by atoms with E-state index in [0.717, 1.165) is 25.0 Å². The van der Waals surface area contributed by atoms with Gasteiger partial charge in [-0.25, -0.2) is 0 Å². The van der Waals surface area contributed by atoms with Gasteiger partial charge in [-0.15, -0.1) is 0 Å². The summed E-state index contributed by atoms with van der Waals surface area (Å²) in [5, 5.41) is 3.48. The quantitative estimate of drug-likeness (QED) is 0.424. The third-order valence-electron chi connectivity index (χ3n) is 4.35. The fourth-order valence-electron chi connectivity index (χ4n) is 3.04. The molecule has 0 aliphatic carbocycles. The van der Waals surface area contributed by atoms with Crippen molar-refractivity contribution in [2.24, 2.45) is 10.9 Å². The maximum absolute atomic E-state index is 4.36. The van der Waals surface area contributed by atoms with Crippen LogP contribution in [0, 0.1) is 5.92 Å². The molecule has 1 heterocycles. The molecule has 0 radical (unpaired) electrons. The molecule has 0 amide bonds. The van der Waals surface area contributed by atoms with Gasteiger partial charge in [0.05, 0.1) is 0 Å². The third kappa shape index (κ3) is 7.70. The molecule has 1 fully saturated rings. The monoisotopic (exact) mass is 296 g/mol. The number of hydrogen-bond donors (Lipinski definition) is 1. The van der Waals surface area contributed by atoms with Gasteiger partial charge in [-0.05, 0) is 51.1 Å². The molecular formula is C17H36N4. The molecule has 1 unspecified atom stereocenters. The molecule has 4 nitrogen and oxygen atoms in total. The highest BCUT2D eigenvalue weighted by Crippen LogP contribution is 2.15. The summed E-state index contributed by atoms with van der Waals surface area (Å²) in [4.78, 5) is 9.23. The molecule has 1 saturated heterocycles. The Morgan fingerprint density at radius 2 is 2.14 bits per heavy atom. The van der Waals surface area contributed by atoms with Crippen LogP contribution >= 0.6 is 0 Å². The summed E-state index contributed by atoms with van der Waals surface area (Å²) in [6.45, 7) is 10.6. The Balaban J connectivity index is 2.09. The van der Waals surface area contributed by atoms with Gasteiger partial charge in [-0.3, -0.25) is 4.99 Å². The number of nitrogens with zero attached hydrogens (tertiary/aromatic N) is 3. The molecule has 124 valence electrons. The maximum atomic E-state index is 4.36. The minimum Gasteiger partial charge on any atom is -0.356 e. The number of aliphatic imine (C=N–C) groups is 1. The summed E-state index contributed by atoms with van der Waals surface area (Å²) in [5.74, 6) is 1.93. The molecule has 0 aromatic rings. The molecule has 0 aromatic heterocycles. The normalized spacial score (nSPS) is 20.6. The van der Waals surface area contributed by atoms with Crippen molar-refractivity contribution in [3.8, 4) is 0 Å². The fraction of sp³-hybridized carbons (Fsp3) is 0.941. The Kier molecular flexibility index (Phi) is 9.48. The maximum Gasteiger partial charge on any atom is 0.193 e. The highest BCUT2D eigenvalue weighted by atomic mass is 15.3. The predicted octanol–water partition coefficient (Wildman–Crippen LogP) is 2.81. The second-order valence-electron chi connectivity index (χ2n) is 6.50. The Labute approximate surface area is 132 Å². The van der Waals surface area contributed by atoms with Gasteiger partial charge in [-0.2, -0.15) is 0 Å². The summed E-state index contributed by atoms with van der Waals surface area (Å²) in [5.41, 5.74) is 0. The van der Waals surface area contributed by atoms with Crippen molar-refractivity contribution in [1.82, 2.24) is 15.1 Å². The van der Waals surface area contributed by atoms with Crippen LogP contribution in [-0.2, 0) is 0 Å². The van der Waals surface area contributed by atoms with Crippen LogP contribution in [0.15, 0.2) is 4.99 Å². The number of nitrogens with one attached hydrogen (secondary N) is 1. The molecule has 0 saturated carbocycles. The molecule has 1 aliphatic heterocycles. The summed E-state index contributed by atoms with van der Waals surface area (Å²) in [6, 6.07) is 0. The summed E-state index contributed by atoms with van der Waals surface area (Å²) >= 11 is 0. The molecule has 0 bridgehead atoms. The first-order valence-corrected chi connectivity index (χ1v) is 8.81. The third-order valence-corrected chi connectivity index (χ3v) is 4.35. The van der Waals surface area contributed by atoms with Crippen molar-refractivity contribution < 1.29 is 0 Å². The second-order valence-corrected chi connectivity index (χ2v) is 6.50. The molecule has 0 aromatic carbocycles. The van der Waals surface area contributed by atoms with Crippen LogP contribution in [0.3, 0.4) is 0 Å². The highest BCUT2D eigenvalue weighted by Gasteiger charge is 2.15. The average molecular weight is 297 g/mol. The first-order chi connectivity index (χ1) is 10.2. The van der Waals surface area contributed by atoms with E-state index in [1.54, 1.807) is 0 Å². The summed E-state index contributed by atoms with van der Waals surface area (Å²) < 4.78 is 0. The van der Waals surface area contributed by atoms with Crippen LogP contribution in [0.5, 0.6) is 0 Å². The Bertz CT molecular complexity index is 291. The van der Waals surface area contributed by atoms with Gasteiger partial charge in [0.2, 0.25) is 0 Å². The van der Waals surface area contributed by atoms with Crippen molar-refractivity contribution in [2.75, 3.05) is 46.8 Å². The second kappa shape index (κ2) is 10.9. The van der Waals surface area contributed by atoms with Crippen LogP contribution in [-0.4, -0.2) is 62.6 Å². The molecule has 1 rings (SSSR count). The molecular weight excluding hydrogens is 260 g/mol. The van der Waals surface area contributed by atoms with Crippen LogP contribution in [0.1, 0.15) is 52.4 Å². The standard InChI is InChI=1S/C17H36N4/c1-5-6-12-20(4)17(18-3)19-11-7-8-13-21-14-9-10-16(2)15-21/h16H,5-15H2,1-4H3,(H,18,19). The summed E-state index contributed by atoms with van der Waals surface area (Å²) in [7, 11) is 4.00. The van der Waals surface area contributed by atoms with Crippen molar-refractivity contribution in [1.29, 1.82) is 0 Å². The zero-order chi connectivity index (χ0) is 15.5. The highest BCUT2D eigenvalue weighted by molar-refractivity contribution is 5.79. The van der Waals surface area contributed by atoms with Crippen molar-refractivity contribution in [3.05, 3.63) is 0 Å². The minimum absolute atomic E-state index is 0.892. The smallest absolute Gasteiger partial charge is 0.193 e. The Hall–Kier alpha value is -0.770. The van der Waals surface area contributed by atoms with Gasteiger partial charge in [0, 0.05) is 33.7 Å². The Morgan fingerprint density at radius 1 is 1.33 bits per heavy atom. The van der Waals surface area contributed by atoms with E-state index in [-0.39, 0.29) is 0 Å². The van der Waals surface area contributed by atoms with E-state index >= 15 is 0 Å². The van der Waals surface area contributed by atoms with Gasteiger partial charge in [-0.1, -0.05) is 20.3 Å². The molecule has 1 aliphatic rings. The largest absolute Gasteiger partial charge is 0.356 e. The predicted molar refractivity (Wildman–Crippen MR) is 93.0 cm³/mol. The van der Waals surface area contributed by atoms with E-state index in [1.165, 1.54) is 58.2 Å². The van der Waals surface area contributed by atoms with Crippen LogP contribution in [0.4, 0.5) is 0 Å². The van der Waals surface area contributed by atoms with Crippen LogP contribution < -0.4 is 5.32 Å². The SMILES string of the molecule is CCCCN(C)C(=NC)NCCCCN1CCCC(C)C1. The first-order valence-electron chi connectivity index (χ1n) is 8.81. The zero-order valence-electron chi connectivity index (χ0n) is 14.7. The first kappa shape index (κ1) is 18.3. The lowest BCUT2D eigenvalue weighted by Crippen LogP contribution is -2.40. The number of unbranched alkanes of at least 4 members (excludes halogenated alkanes) is 2. The van der Waals surface area contributed by atoms with Crippen LogP contribution in [0.25, 0.3) is 0 Å². The number of likely N-dealkylation sites (tertiary alicyclic amines) is 1. The molecule has 21 heavy (non-hydrogen) atoms. The molecule has 1 N–H and O–H groups in total. The lowest BCUT2D eigenvalue weighted by molar-refractivity contribution is 0.181. The number of rotatable bonds is 8. The van der Waals surface area contributed by atoms with Gasteiger partial charge < -0.3 is 15.1 Å². The molecule has 0 spiro atoms. The number of guanidine groups is 1. The van der Waals surface area contributed by atoms with Crippen molar-refractivity contribution in [2.45, 2.75) is 52.4 Å². The Morgan fingerprint density at radius 3 is 2.81 bits per heavy atom. The van der Waals surface area contributed by atoms with E-state index in [9.17, 15) is 0 Å². The number of hydrogen-bond acceptors (Lipinski definition) is 2. The van der Waals surface area contributed by atoms with E-state index in [0.29, 0.717) is 0 Å². The summed E-state index contributed by atoms with van der Waals surface area (Å²) in [6.07, 6.45) is 7.77. The van der Waals surface area contributed by atoms with Gasteiger partial charge in [0.15, 0.2) is 5.96 Å². The lowest BCUT2D eigenvalue weighted by Gasteiger charge is -2.30. The average Bonchev–Trinajstić information content (AvgIpc) is 2.48. The van der Waals surface area contributed by atoms with Gasteiger partial charge in [0.1, 0.15) is 0 Å². The number of piperidine rings is 1. The van der Waals surface area contributed by atoms with Gasteiger partial charge in [0.25, 0.3) is 0 Å². The topological polar surface area (TPSA) is 30.9 Å². The minimum atomic E-state index is 0.892. The van der Waals surface area contributed by atoms with Crippen LogP contribution in [0.2, 0.25) is 0 Å². The fourth-order valence-corrected chi connectivity index (χ4v) is 3.04. The van der Waals surface area contributed by atoms with Crippen molar-refractivity contribution >= 4 is 5.96 Å². The van der Waals surface area contributed by atoms with E-state index in [1.807, 2.05) is 7.05 Å². The molecule has 1 atom stereocenters. The van der Waals surface area contributed by atoms with Gasteiger partial charge >= 0.3 is 0 Å². The zero-order valence-corrected chi connectivity index (χ0v) is 14.7. The lowest BCUT2D eigenvalue weighted by atomic mass is 10.0. The van der Waals surface area contributed by atoms with E-state index < -0.39 is 0 Å². The van der Waals surface area contributed by atoms with E-state index in [4.69, 9.17) is 0 Å². The van der Waals surface area contributed by atoms with Crippen molar-refractivity contribution in [3.63, 3.8) is 0 Å². The molecule has 4 heteroatoms.